The summed E-state index contributed by atoms with van der Waals surface area (Å²) in [5.74, 6) is -0.869. The maximum absolute atomic E-state index is 14.9. The van der Waals surface area contributed by atoms with Crippen LogP contribution >= 0.6 is 0 Å². The minimum absolute atomic E-state index is 0.00216. The third-order valence-corrected chi connectivity index (χ3v) is 5.35. The molecule has 3 rings (SSSR count). The number of aryl methyl sites for hydroxylation is 1. The van der Waals surface area contributed by atoms with Crippen LogP contribution in [0.1, 0.15) is 26.3 Å². The molecule has 0 saturated carbocycles. The minimum atomic E-state index is -2.83. The molecule has 2 atom stereocenters. The lowest BCUT2D eigenvalue weighted by molar-refractivity contribution is -0.112. The molecule has 2 aromatic rings. The molecule has 1 aliphatic rings. The number of aromatic nitrogens is 2. The predicted octanol–water partition coefficient (Wildman–Crippen LogP) is 4.91. The summed E-state index contributed by atoms with van der Waals surface area (Å²) in [5, 5.41) is 2.56. The fourth-order valence-electron chi connectivity index (χ4n) is 3.76. The molecular formula is C24H27F3N4O2. The van der Waals surface area contributed by atoms with Crippen molar-refractivity contribution in [3.8, 4) is 11.3 Å². The second kappa shape index (κ2) is 10.2. The van der Waals surface area contributed by atoms with Crippen LogP contribution in [-0.4, -0.2) is 47.6 Å². The molecule has 0 spiro atoms. The van der Waals surface area contributed by atoms with Gasteiger partial charge in [-0.15, -0.1) is 0 Å². The predicted molar refractivity (Wildman–Crippen MR) is 122 cm³/mol. The molecule has 1 fully saturated rings. The maximum atomic E-state index is 14.9. The van der Waals surface area contributed by atoms with E-state index in [2.05, 4.69) is 21.9 Å². The fourth-order valence-corrected chi connectivity index (χ4v) is 3.76. The fraction of sp³-hybridized carbons (Fsp3) is 0.375. The van der Waals surface area contributed by atoms with Gasteiger partial charge < -0.3 is 15.0 Å². The molecule has 0 unspecified atom stereocenters. The standard InChI is InChI=1S/C24H27F3N4O2/c1-6-17(22(26)27)16(5)23(32)29-21-10-18(19(25)9-13(21)2)20-7-8-28-24(30-20)31-11-14(3)33-15(4)12-31/h6-10,14-15,22H,5,11-12H2,1-4H3,(H,29,32)/b17-6+/t14-,15+. The van der Waals surface area contributed by atoms with Crippen molar-refractivity contribution < 1.29 is 22.7 Å². The van der Waals surface area contributed by atoms with E-state index in [1.165, 1.54) is 19.1 Å². The molecule has 1 aliphatic heterocycles. The lowest BCUT2D eigenvalue weighted by Crippen LogP contribution is -2.46. The van der Waals surface area contributed by atoms with Crippen LogP contribution in [0.4, 0.5) is 24.8 Å². The van der Waals surface area contributed by atoms with Crippen molar-refractivity contribution in [2.24, 2.45) is 0 Å². The third kappa shape index (κ3) is 5.60. The number of nitrogens with zero attached hydrogens (tertiary/aromatic N) is 3. The van der Waals surface area contributed by atoms with E-state index in [0.29, 0.717) is 30.3 Å². The van der Waals surface area contributed by atoms with Crippen LogP contribution in [0.5, 0.6) is 0 Å². The van der Waals surface area contributed by atoms with E-state index in [1.54, 1.807) is 19.2 Å². The average molecular weight is 461 g/mol. The molecule has 1 amide bonds. The Labute approximate surface area is 191 Å². The van der Waals surface area contributed by atoms with Gasteiger partial charge in [0, 0.05) is 41.7 Å². The Morgan fingerprint density at radius 3 is 2.58 bits per heavy atom. The van der Waals surface area contributed by atoms with Crippen molar-refractivity contribution in [2.75, 3.05) is 23.3 Å². The SMILES string of the molecule is C=C(C(=O)Nc1cc(-c2ccnc(N3C[C@@H](C)O[C@@H](C)C3)n2)c(F)cc1C)/C(=C\C)C(F)F. The normalized spacial score (nSPS) is 19.0. The number of hydrogen-bond acceptors (Lipinski definition) is 5. The quantitative estimate of drug-likeness (QED) is 0.490. The Balaban J connectivity index is 1.90. The largest absolute Gasteiger partial charge is 0.372 e. The van der Waals surface area contributed by atoms with E-state index < -0.39 is 23.7 Å². The third-order valence-electron chi connectivity index (χ3n) is 5.35. The Bertz CT molecular complexity index is 1080. The van der Waals surface area contributed by atoms with Crippen LogP contribution in [0.15, 0.2) is 48.2 Å². The summed E-state index contributed by atoms with van der Waals surface area (Å²) >= 11 is 0. The summed E-state index contributed by atoms with van der Waals surface area (Å²) in [4.78, 5) is 23.3. The number of morpholine rings is 1. The summed E-state index contributed by atoms with van der Waals surface area (Å²) in [6.45, 7) is 11.6. The molecule has 1 aromatic carbocycles. The number of amides is 1. The van der Waals surface area contributed by atoms with E-state index in [0.717, 1.165) is 6.08 Å². The first kappa shape index (κ1) is 24.4. The molecule has 1 saturated heterocycles. The van der Waals surface area contributed by atoms with E-state index in [9.17, 15) is 18.0 Å². The van der Waals surface area contributed by atoms with E-state index in [-0.39, 0.29) is 29.0 Å². The van der Waals surface area contributed by atoms with Crippen molar-refractivity contribution in [2.45, 2.75) is 46.3 Å². The zero-order chi connectivity index (χ0) is 24.3. The van der Waals surface area contributed by atoms with Crippen molar-refractivity contribution in [1.82, 2.24) is 9.97 Å². The topological polar surface area (TPSA) is 67.4 Å². The van der Waals surface area contributed by atoms with Crippen molar-refractivity contribution in [1.29, 1.82) is 0 Å². The van der Waals surface area contributed by atoms with Crippen molar-refractivity contribution in [3.63, 3.8) is 0 Å². The van der Waals surface area contributed by atoms with Crippen LogP contribution in [0.3, 0.4) is 0 Å². The number of ether oxygens (including phenoxy) is 1. The highest BCUT2D eigenvalue weighted by Crippen LogP contribution is 2.30. The highest BCUT2D eigenvalue weighted by atomic mass is 19.3. The molecule has 6 nitrogen and oxygen atoms in total. The zero-order valence-electron chi connectivity index (χ0n) is 19.0. The maximum Gasteiger partial charge on any atom is 0.264 e. The first-order chi connectivity index (χ1) is 15.6. The van der Waals surface area contributed by atoms with Gasteiger partial charge in [0.1, 0.15) is 5.82 Å². The van der Waals surface area contributed by atoms with Gasteiger partial charge in [-0.1, -0.05) is 12.7 Å². The lowest BCUT2D eigenvalue weighted by atomic mass is 10.0. The van der Waals surface area contributed by atoms with Crippen molar-refractivity contribution >= 4 is 17.5 Å². The summed E-state index contributed by atoms with van der Waals surface area (Å²) in [5.41, 5.74) is 0.386. The first-order valence-corrected chi connectivity index (χ1v) is 10.6. The first-order valence-electron chi connectivity index (χ1n) is 10.6. The Kier molecular flexibility index (Phi) is 7.53. The molecule has 0 bridgehead atoms. The lowest BCUT2D eigenvalue weighted by Gasteiger charge is -2.35. The molecule has 9 heteroatoms. The van der Waals surface area contributed by atoms with Crippen LogP contribution in [0, 0.1) is 12.7 Å². The van der Waals surface area contributed by atoms with Gasteiger partial charge >= 0.3 is 0 Å². The summed E-state index contributed by atoms with van der Waals surface area (Å²) in [6.07, 6.45) is -0.137. The summed E-state index contributed by atoms with van der Waals surface area (Å²) in [7, 11) is 0. The second-order valence-corrected chi connectivity index (χ2v) is 8.03. The van der Waals surface area contributed by atoms with Gasteiger partial charge in [-0.2, -0.15) is 0 Å². The Hall–Kier alpha value is -3.20. The summed E-state index contributed by atoms with van der Waals surface area (Å²) in [6, 6.07) is 4.27. The van der Waals surface area contributed by atoms with E-state index in [4.69, 9.17) is 4.74 Å². The zero-order valence-corrected chi connectivity index (χ0v) is 19.0. The monoisotopic (exact) mass is 460 g/mol. The number of allylic oxidation sites excluding steroid dienone is 1. The Morgan fingerprint density at radius 2 is 1.97 bits per heavy atom. The van der Waals surface area contributed by atoms with Gasteiger partial charge in [0.15, 0.2) is 0 Å². The molecule has 1 aromatic heterocycles. The van der Waals surface area contributed by atoms with Crippen LogP contribution in [-0.2, 0) is 9.53 Å². The van der Waals surface area contributed by atoms with Crippen LogP contribution in [0.2, 0.25) is 0 Å². The number of halogens is 3. The molecule has 33 heavy (non-hydrogen) atoms. The number of rotatable bonds is 6. The second-order valence-electron chi connectivity index (χ2n) is 8.03. The molecular weight excluding hydrogens is 433 g/mol. The van der Waals surface area contributed by atoms with Gasteiger partial charge in [0.05, 0.1) is 17.9 Å². The summed E-state index contributed by atoms with van der Waals surface area (Å²) < 4.78 is 46.9. The minimum Gasteiger partial charge on any atom is -0.372 e. The van der Waals surface area contributed by atoms with Crippen LogP contribution < -0.4 is 10.2 Å². The number of benzene rings is 1. The molecule has 0 radical (unpaired) electrons. The van der Waals surface area contributed by atoms with Gasteiger partial charge in [-0.25, -0.2) is 23.1 Å². The molecule has 1 N–H and O–H groups in total. The number of nitrogens with one attached hydrogen (secondary N) is 1. The highest BCUT2D eigenvalue weighted by molar-refractivity contribution is 6.07. The number of alkyl halides is 2. The van der Waals surface area contributed by atoms with Crippen LogP contribution in [0.25, 0.3) is 11.3 Å². The molecule has 176 valence electrons. The highest BCUT2D eigenvalue weighted by Gasteiger charge is 2.25. The smallest absolute Gasteiger partial charge is 0.264 e. The molecule has 0 aliphatic carbocycles. The van der Waals surface area contributed by atoms with E-state index in [1.807, 2.05) is 18.7 Å². The van der Waals surface area contributed by atoms with Gasteiger partial charge in [0.2, 0.25) is 5.95 Å². The number of carbonyl (C=O) groups excluding carboxylic acids is 1. The Morgan fingerprint density at radius 1 is 1.30 bits per heavy atom. The van der Waals surface area contributed by atoms with Crippen molar-refractivity contribution in [3.05, 3.63) is 59.6 Å². The van der Waals surface area contributed by atoms with Gasteiger partial charge in [-0.05, 0) is 51.5 Å². The number of carbonyl (C=O) groups is 1. The molecule has 2 heterocycles. The van der Waals surface area contributed by atoms with Gasteiger partial charge in [0.25, 0.3) is 12.3 Å². The average Bonchev–Trinajstić information content (AvgIpc) is 2.75. The number of anilines is 2. The van der Waals surface area contributed by atoms with Gasteiger partial charge in [-0.3, -0.25) is 4.79 Å². The van der Waals surface area contributed by atoms with E-state index >= 15 is 0 Å². The number of hydrogen-bond donors (Lipinski definition) is 1.